The van der Waals surface area contributed by atoms with Gasteiger partial charge >= 0.3 is 0 Å². The minimum Gasteiger partial charge on any atom is -0.376 e. The van der Waals surface area contributed by atoms with E-state index in [0.717, 1.165) is 47.6 Å². The maximum atomic E-state index is 13.9. The Morgan fingerprint density at radius 1 is 1.09 bits per heavy atom. The summed E-state index contributed by atoms with van der Waals surface area (Å²) in [6.45, 7) is 14.6. The van der Waals surface area contributed by atoms with Gasteiger partial charge in [-0.25, -0.2) is 4.98 Å². The van der Waals surface area contributed by atoms with Crippen LogP contribution in [0, 0.1) is 18.3 Å². The average molecular weight is 628 g/mol. The lowest BCUT2D eigenvalue weighted by molar-refractivity contribution is -0.145. The third-order valence-corrected chi connectivity index (χ3v) is 9.53. The molecular weight excluding hydrogens is 578 g/mol. The van der Waals surface area contributed by atoms with Gasteiger partial charge in [0.15, 0.2) is 0 Å². The smallest absolute Gasteiger partial charge is 0.246 e. The summed E-state index contributed by atoms with van der Waals surface area (Å²) in [6, 6.07) is 6.49. The van der Waals surface area contributed by atoms with Gasteiger partial charge < -0.3 is 30.3 Å². The fraction of sp³-hybridized carbons (Fsp3) is 0.636. The topological polar surface area (TPSA) is 122 Å². The fourth-order valence-corrected chi connectivity index (χ4v) is 6.71. The van der Waals surface area contributed by atoms with E-state index in [-0.39, 0.29) is 42.4 Å². The van der Waals surface area contributed by atoms with Crippen LogP contribution in [0.4, 0.5) is 0 Å². The second-order valence-corrected chi connectivity index (χ2v) is 14.0. The Hall–Kier alpha value is -2.86. The Morgan fingerprint density at radius 3 is 2.43 bits per heavy atom. The zero-order valence-electron chi connectivity index (χ0n) is 27.0. The summed E-state index contributed by atoms with van der Waals surface area (Å²) in [6.07, 6.45) is 2.89. The zero-order valence-corrected chi connectivity index (χ0v) is 27.8. The summed E-state index contributed by atoms with van der Waals surface area (Å²) in [5.41, 5.74) is 4.35. The van der Waals surface area contributed by atoms with E-state index >= 15 is 0 Å². The van der Waals surface area contributed by atoms with E-state index in [2.05, 4.69) is 20.9 Å². The lowest BCUT2D eigenvalue weighted by Crippen LogP contribution is -2.58. The Morgan fingerprint density at radius 2 is 1.80 bits per heavy atom. The number of thiazole rings is 1. The summed E-state index contributed by atoms with van der Waals surface area (Å²) >= 11 is 1.61. The number of ether oxygens (including phenoxy) is 2. The summed E-state index contributed by atoms with van der Waals surface area (Å²) in [4.78, 5) is 47.5. The zero-order chi connectivity index (χ0) is 31.9. The van der Waals surface area contributed by atoms with Crippen LogP contribution < -0.4 is 16.0 Å². The van der Waals surface area contributed by atoms with Gasteiger partial charge in [-0.1, -0.05) is 52.0 Å². The number of piperidine rings is 1. The minimum atomic E-state index is -0.801. The molecule has 3 amide bonds. The molecule has 0 bridgehead atoms. The summed E-state index contributed by atoms with van der Waals surface area (Å²) < 4.78 is 11.4. The molecule has 3 heterocycles. The molecule has 3 N–H and O–H groups in total. The molecule has 1 aromatic carbocycles. The molecule has 11 heteroatoms. The molecule has 4 rings (SSSR count). The minimum absolute atomic E-state index is 0.0116. The molecule has 2 aliphatic heterocycles. The fourth-order valence-electron chi connectivity index (χ4n) is 5.90. The van der Waals surface area contributed by atoms with Crippen molar-refractivity contribution < 1.29 is 23.9 Å². The van der Waals surface area contributed by atoms with Gasteiger partial charge in [0.25, 0.3) is 0 Å². The van der Waals surface area contributed by atoms with Crippen molar-refractivity contribution in [2.24, 2.45) is 11.3 Å². The monoisotopic (exact) mass is 627 g/mol. The molecule has 4 atom stereocenters. The molecule has 2 aromatic rings. The number of benzene rings is 1. The highest BCUT2D eigenvalue weighted by Crippen LogP contribution is 2.31. The first kappa shape index (κ1) is 34.0. The van der Waals surface area contributed by atoms with Crippen LogP contribution in [-0.2, 0) is 23.9 Å². The van der Waals surface area contributed by atoms with Gasteiger partial charge in [-0.3, -0.25) is 14.4 Å². The Labute approximate surface area is 265 Å². The number of aryl methyl sites for hydroxylation is 1. The quantitative estimate of drug-likeness (QED) is 0.306. The SMILES string of the molecule is Cc1ncsc1-c1ccc([C@H](C)NC(=O)[C@@H]2[C@@H](C)CCN2C(=O)[C@@H](NC(=O)COCCOC2CCNCC2)C(C)(C)C)cc1. The maximum absolute atomic E-state index is 13.9. The number of aromatic nitrogens is 1. The van der Waals surface area contributed by atoms with Crippen molar-refractivity contribution in [1.82, 2.24) is 25.8 Å². The van der Waals surface area contributed by atoms with E-state index in [1.54, 1.807) is 16.2 Å². The summed E-state index contributed by atoms with van der Waals surface area (Å²) in [5, 5.41) is 9.34. The van der Waals surface area contributed by atoms with Crippen molar-refractivity contribution in [2.75, 3.05) is 39.5 Å². The van der Waals surface area contributed by atoms with Gasteiger partial charge in [0.05, 0.1) is 41.4 Å². The molecule has 2 saturated heterocycles. The number of rotatable bonds is 12. The van der Waals surface area contributed by atoms with Gasteiger partial charge in [-0.2, -0.15) is 0 Å². The maximum Gasteiger partial charge on any atom is 0.246 e. The van der Waals surface area contributed by atoms with E-state index in [4.69, 9.17) is 9.47 Å². The largest absolute Gasteiger partial charge is 0.376 e. The number of nitrogens with zero attached hydrogens (tertiary/aromatic N) is 2. The molecule has 1 aromatic heterocycles. The summed E-state index contributed by atoms with van der Waals surface area (Å²) in [7, 11) is 0. The molecule has 242 valence electrons. The second kappa shape index (κ2) is 15.4. The number of amides is 3. The van der Waals surface area contributed by atoms with E-state index in [9.17, 15) is 14.4 Å². The molecule has 10 nitrogen and oxygen atoms in total. The number of hydrogen-bond acceptors (Lipinski definition) is 8. The highest BCUT2D eigenvalue weighted by Gasteiger charge is 2.45. The van der Waals surface area contributed by atoms with Crippen molar-refractivity contribution in [3.63, 3.8) is 0 Å². The second-order valence-electron chi connectivity index (χ2n) is 13.1. The first-order valence-corrected chi connectivity index (χ1v) is 16.6. The number of nitrogens with one attached hydrogen (secondary N) is 3. The number of carbonyl (C=O) groups is 3. The van der Waals surface area contributed by atoms with Crippen molar-refractivity contribution in [1.29, 1.82) is 0 Å². The Bertz CT molecular complexity index is 1250. The van der Waals surface area contributed by atoms with Crippen LogP contribution in [0.1, 0.15) is 71.2 Å². The van der Waals surface area contributed by atoms with Gasteiger partial charge in [0, 0.05) is 6.54 Å². The molecule has 0 spiro atoms. The number of hydrogen-bond donors (Lipinski definition) is 3. The third-order valence-electron chi connectivity index (χ3n) is 8.55. The molecule has 44 heavy (non-hydrogen) atoms. The number of likely N-dealkylation sites (tertiary alicyclic amines) is 1. The van der Waals surface area contributed by atoms with E-state index in [1.165, 1.54) is 0 Å². The van der Waals surface area contributed by atoms with Crippen LogP contribution in [0.2, 0.25) is 0 Å². The lowest BCUT2D eigenvalue weighted by atomic mass is 9.85. The highest BCUT2D eigenvalue weighted by molar-refractivity contribution is 7.13. The van der Waals surface area contributed by atoms with Crippen LogP contribution in [0.3, 0.4) is 0 Å². The van der Waals surface area contributed by atoms with Gasteiger partial charge in [-0.15, -0.1) is 11.3 Å². The Balaban J connectivity index is 1.32. The van der Waals surface area contributed by atoms with Gasteiger partial charge in [0.2, 0.25) is 17.7 Å². The van der Waals surface area contributed by atoms with Crippen LogP contribution in [0.5, 0.6) is 0 Å². The van der Waals surface area contributed by atoms with Crippen LogP contribution in [-0.4, -0.2) is 85.2 Å². The van der Waals surface area contributed by atoms with E-state index < -0.39 is 17.5 Å². The van der Waals surface area contributed by atoms with Crippen LogP contribution >= 0.6 is 11.3 Å². The number of carbonyl (C=O) groups excluding carboxylic acids is 3. The molecular formula is C33H49N5O5S. The van der Waals surface area contributed by atoms with Gasteiger partial charge in [0.1, 0.15) is 18.7 Å². The highest BCUT2D eigenvalue weighted by atomic mass is 32.1. The van der Waals surface area contributed by atoms with Crippen molar-refractivity contribution in [2.45, 2.75) is 85.0 Å². The normalized spacial score (nSPS) is 20.7. The van der Waals surface area contributed by atoms with Crippen molar-refractivity contribution >= 4 is 29.1 Å². The predicted molar refractivity (Wildman–Crippen MR) is 172 cm³/mol. The van der Waals surface area contributed by atoms with Gasteiger partial charge in [-0.05, 0) is 68.7 Å². The first-order valence-electron chi connectivity index (χ1n) is 15.8. The lowest BCUT2D eigenvalue weighted by Gasteiger charge is -2.36. The van der Waals surface area contributed by atoms with Crippen LogP contribution in [0.15, 0.2) is 29.8 Å². The molecule has 0 unspecified atom stereocenters. The Kier molecular flexibility index (Phi) is 11.9. The molecule has 0 aliphatic carbocycles. The third kappa shape index (κ3) is 8.87. The molecule has 0 saturated carbocycles. The summed E-state index contributed by atoms with van der Waals surface area (Å²) in [5.74, 6) is -0.808. The van der Waals surface area contributed by atoms with E-state index in [0.29, 0.717) is 26.2 Å². The average Bonchev–Trinajstić information content (AvgIpc) is 3.60. The van der Waals surface area contributed by atoms with Crippen LogP contribution in [0.25, 0.3) is 10.4 Å². The predicted octanol–water partition coefficient (Wildman–Crippen LogP) is 3.85. The molecule has 0 radical (unpaired) electrons. The van der Waals surface area contributed by atoms with Crippen molar-refractivity contribution in [3.05, 3.63) is 41.0 Å². The first-order chi connectivity index (χ1) is 21.0. The molecule has 2 fully saturated rings. The van der Waals surface area contributed by atoms with Crippen molar-refractivity contribution in [3.8, 4) is 10.4 Å². The van der Waals surface area contributed by atoms with E-state index in [1.807, 2.05) is 71.3 Å². The standard InChI is InChI=1S/C33H49N5O5S/c1-21-13-16-38(28(21)31(40)36-22(2)24-7-9-25(10-8-24)29-23(3)35-20-44-29)32(41)30(33(4,5)6)37-27(39)19-42-17-18-43-26-11-14-34-15-12-26/h7-10,20-22,26,28,30,34H,11-19H2,1-6H3,(H,36,40)(H,37,39)/t21-,22-,28-,30+/m0/s1. The molecule has 2 aliphatic rings.